The zero-order valence-electron chi connectivity index (χ0n) is 11.8. The lowest BCUT2D eigenvalue weighted by atomic mass is 10.2. The van der Waals surface area contributed by atoms with Crippen LogP contribution in [0, 0.1) is 0 Å². The molecule has 0 saturated heterocycles. The van der Waals surface area contributed by atoms with Crippen molar-refractivity contribution in [2.24, 2.45) is 0 Å². The van der Waals surface area contributed by atoms with Crippen molar-refractivity contribution >= 4 is 50.2 Å². The van der Waals surface area contributed by atoms with E-state index in [1.165, 1.54) is 6.92 Å². The fraction of sp³-hybridized carbons (Fsp3) is 0.500. The van der Waals surface area contributed by atoms with E-state index in [1.54, 1.807) is 13.8 Å². The number of rotatable bonds is 6. The average molecular weight is 379 g/mol. The zero-order valence-corrected chi connectivity index (χ0v) is 14.2. The lowest BCUT2D eigenvalue weighted by molar-refractivity contribution is -0.142. The van der Waals surface area contributed by atoms with E-state index in [1.807, 2.05) is 0 Å². The highest BCUT2D eigenvalue weighted by atomic mass is 79.9. The van der Waals surface area contributed by atoms with Crippen molar-refractivity contribution in [3.63, 3.8) is 0 Å². The highest BCUT2D eigenvalue weighted by Crippen LogP contribution is 2.33. The minimum atomic E-state index is -0.907. The summed E-state index contributed by atoms with van der Waals surface area (Å²) in [4.78, 5) is 38.1. The maximum Gasteiger partial charge on any atom is 0.350 e. The van der Waals surface area contributed by atoms with Crippen LogP contribution in [0.25, 0.3) is 0 Å². The summed E-state index contributed by atoms with van der Waals surface area (Å²) in [5, 5.41) is 2.69. The van der Waals surface area contributed by atoms with E-state index in [-0.39, 0.29) is 34.8 Å². The van der Waals surface area contributed by atoms with E-state index in [0.717, 1.165) is 11.3 Å². The molecule has 1 rings (SSSR count). The second-order valence-corrected chi connectivity index (χ2v) is 5.66. The third kappa shape index (κ3) is 4.78. The number of esters is 2. The molecule has 0 bridgehead atoms. The molecule has 7 nitrogen and oxygen atoms in total. The number of nitrogens with zero attached hydrogens (tertiary/aromatic N) is 1. The molecule has 0 spiro atoms. The monoisotopic (exact) mass is 378 g/mol. The smallest absolute Gasteiger partial charge is 0.350 e. The van der Waals surface area contributed by atoms with E-state index in [4.69, 9.17) is 9.47 Å². The molecule has 9 heteroatoms. The highest BCUT2D eigenvalue weighted by Gasteiger charge is 2.29. The molecule has 1 heterocycles. The molecule has 1 amide bonds. The molecule has 0 radical (unpaired) electrons. The van der Waals surface area contributed by atoms with Crippen molar-refractivity contribution < 1.29 is 23.9 Å². The topological polar surface area (TPSA) is 94.6 Å². The SMILES string of the molecule is CCOC(=O)c1sc(NC(C)=O)nc1C(Br)C(=O)OCC. The Kier molecular flexibility index (Phi) is 6.76. The summed E-state index contributed by atoms with van der Waals surface area (Å²) < 4.78 is 9.81. The van der Waals surface area contributed by atoms with Crippen molar-refractivity contribution in [1.82, 2.24) is 4.98 Å². The van der Waals surface area contributed by atoms with Gasteiger partial charge in [-0.05, 0) is 13.8 Å². The van der Waals surface area contributed by atoms with Gasteiger partial charge < -0.3 is 14.8 Å². The van der Waals surface area contributed by atoms with Gasteiger partial charge in [-0.3, -0.25) is 9.59 Å². The lowest BCUT2D eigenvalue weighted by Crippen LogP contribution is -2.15. The van der Waals surface area contributed by atoms with Crippen LogP contribution in [-0.2, 0) is 19.1 Å². The molecule has 0 aromatic carbocycles. The van der Waals surface area contributed by atoms with Crippen LogP contribution < -0.4 is 5.32 Å². The molecule has 116 valence electrons. The Labute approximate surface area is 134 Å². The first kappa shape index (κ1) is 17.6. The molecule has 21 heavy (non-hydrogen) atoms. The molecular formula is C12H15BrN2O5S. The number of ether oxygens (including phenoxy) is 2. The Balaban J connectivity index is 3.14. The lowest BCUT2D eigenvalue weighted by Gasteiger charge is -2.08. The number of anilines is 1. The number of amides is 1. The third-order valence-electron chi connectivity index (χ3n) is 2.13. The fourth-order valence-corrected chi connectivity index (χ4v) is 2.94. The van der Waals surface area contributed by atoms with E-state index in [9.17, 15) is 14.4 Å². The predicted molar refractivity (Wildman–Crippen MR) is 80.7 cm³/mol. The molecule has 1 aromatic heterocycles. The van der Waals surface area contributed by atoms with Gasteiger partial charge in [-0.25, -0.2) is 9.78 Å². The molecule has 0 aliphatic rings. The van der Waals surface area contributed by atoms with Crippen LogP contribution in [-0.4, -0.2) is 36.0 Å². The molecule has 1 unspecified atom stereocenters. The van der Waals surface area contributed by atoms with Gasteiger partial charge >= 0.3 is 11.9 Å². The number of hydrogen-bond donors (Lipinski definition) is 1. The second kappa shape index (κ2) is 8.08. The van der Waals surface area contributed by atoms with Crippen molar-refractivity contribution in [3.05, 3.63) is 10.6 Å². The normalized spacial score (nSPS) is 11.6. The summed E-state index contributed by atoms with van der Waals surface area (Å²) in [6, 6.07) is 0. The Morgan fingerprint density at radius 3 is 2.43 bits per heavy atom. The van der Waals surface area contributed by atoms with Crippen molar-refractivity contribution in [2.75, 3.05) is 18.5 Å². The quantitative estimate of drug-likeness (QED) is 0.602. The number of aromatic nitrogens is 1. The number of alkyl halides is 1. The Hall–Kier alpha value is -1.48. The van der Waals surface area contributed by atoms with E-state index < -0.39 is 16.8 Å². The van der Waals surface area contributed by atoms with Gasteiger partial charge in [-0.15, -0.1) is 0 Å². The van der Waals surface area contributed by atoms with Crippen molar-refractivity contribution in [2.45, 2.75) is 25.6 Å². The van der Waals surface area contributed by atoms with Gasteiger partial charge in [0.25, 0.3) is 0 Å². The van der Waals surface area contributed by atoms with Crippen LogP contribution in [0.2, 0.25) is 0 Å². The molecule has 0 aliphatic carbocycles. The summed E-state index contributed by atoms with van der Waals surface area (Å²) in [6.45, 7) is 5.07. The van der Waals surface area contributed by atoms with Crippen LogP contribution in [0.4, 0.5) is 5.13 Å². The number of halogens is 1. The first-order chi connectivity index (χ1) is 9.90. The number of carbonyl (C=O) groups excluding carboxylic acids is 3. The van der Waals surface area contributed by atoms with Gasteiger partial charge in [0.2, 0.25) is 5.91 Å². The molecule has 0 fully saturated rings. The highest BCUT2D eigenvalue weighted by molar-refractivity contribution is 9.09. The summed E-state index contributed by atoms with van der Waals surface area (Å²) in [5.74, 6) is -1.49. The molecular weight excluding hydrogens is 364 g/mol. The first-order valence-corrected chi connectivity index (χ1v) is 7.90. The van der Waals surface area contributed by atoms with Crippen LogP contribution >= 0.6 is 27.3 Å². The average Bonchev–Trinajstić information content (AvgIpc) is 2.81. The number of thiazole rings is 1. The molecule has 1 atom stereocenters. The standard InChI is InChI=1S/C12H15BrN2O5S/c1-4-19-10(17)7(13)8-9(11(18)20-5-2)21-12(15-8)14-6(3)16/h7H,4-5H2,1-3H3,(H,14,15,16). The van der Waals surface area contributed by atoms with E-state index >= 15 is 0 Å². The minimum Gasteiger partial charge on any atom is -0.465 e. The maximum atomic E-state index is 11.9. The van der Waals surface area contributed by atoms with Gasteiger partial charge in [0.1, 0.15) is 4.88 Å². The molecule has 1 N–H and O–H groups in total. The van der Waals surface area contributed by atoms with E-state index in [0.29, 0.717) is 0 Å². The van der Waals surface area contributed by atoms with Crippen LogP contribution in [0.3, 0.4) is 0 Å². The number of hydrogen-bond acceptors (Lipinski definition) is 7. The van der Waals surface area contributed by atoms with Gasteiger partial charge in [-0.2, -0.15) is 0 Å². The summed E-state index contributed by atoms with van der Waals surface area (Å²) in [7, 11) is 0. The largest absolute Gasteiger partial charge is 0.465 e. The van der Waals surface area contributed by atoms with Gasteiger partial charge in [0, 0.05) is 6.92 Å². The number of carbonyl (C=O) groups is 3. The second-order valence-electron chi connectivity index (χ2n) is 3.75. The summed E-state index contributed by atoms with van der Waals surface area (Å²) >= 11 is 4.10. The number of nitrogens with one attached hydrogen (secondary N) is 1. The predicted octanol–water partition coefficient (Wildman–Crippen LogP) is 2.28. The molecule has 0 saturated carbocycles. The van der Waals surface area contributed by atoms with Crippen molar-refractivity contribution in [3.8, 4) is 0 Å². The Morgan fingerprint density at radius 1 is 1.29 bits per heavy atom. The van der Waals surface area contributed by atoms with Gasteiger partial charge in [-0.1, -0.05) is 27.3 Å². The van der Waals surface area contributed by atoms with Crippen LogP contribution in [0.1, 0.15) is 41.0 Å². The summed E-state index contributed by atoms with van der Waals surface area (Å²) in [5.41, 5.74) is 0.167. The summed E-state index contributed by atoms with van der Waals surface area (Å²) in [6.07, 6.45) is 0. The molecule has 0 aliphatic heterocycles. The molecule has 1 aromatic rings. The minimum absolute atomic E-state index is 0.149. The van der Waals surface area contributed by atoms with Gasteiger partial charge in [0.15, 0.2) is 9.96 Å². The Bertz CT molecular complexity index is 546. The maximum absolute atomic E-state index is 11.9. The van der Waals surface area contributed by atoms with E-state index in [2.05, 4.69) is 26.2 Å². The van der Waals surface area contributed by atoms with Crippen LogP contribution in [0.5, 0.6) is 0 Å². The first-order valence-electron chi connectivity index (χ1n) is 6.16. The Morgan fingerprint density at radius 2 is 1.90 bits per heavy atom. The fourth-order valence-electron chi connectivity index (χ4n) is 1.38. The third-order valence-corrected chi connectivity index (χ3v) is 3.90. The van der Waals surface area contributed by atoms with Crippen LogP contribution in [0.15, 0.2) is 0 Å². The zero-order chi connectivity index (χ0) is 16.0. The van der Waals surface area contributed by atoms with Gasteiger partial charge in [0.05, 0.1) is 18.9 Å². The van der Waals surface area contributed by atoms with Crippen molar-refractivity contribution in [1.29, 1.82) is 0 Å².